The summed E-state index contributed by atoms with van der Waals surface area (Å²) in [7, 11) is 0. The van der Waals surface area contributed by atoms with Crippen LogP contribution in [-0.2, 0) is 0 Å². The summed E-state index contributed by atoms with van der Waals surface area (Å²) in [6.45, 7) is 2.31. The number of rotatable bonds is 5. The number of hydrogen-bond donors (Lipinski definition) is 2. The highest BCUT2D eigenvalue weighted by Crippen LogP contribution is 2.24. The van der Waals surface area contributed by atoms with Gasteiger partial charge in [-0.25, -0.2) is 4.79 Å². The van der Waals surface area contributed by atoms with Crippen molar-refractivity contribution in [3.05, 3.63) is 47.9 Å². The second kappa shape index (κ2) is 5.92. The van der Waals surface area contributed by atoms with Crippen LogP contribution in [0.1, 0.15) is 28.0 Å². The molecule has 0 spiro atoms. The zero-order chi connectivity index (χ0) is 14.5. The van der Waals surface area contributed by atoms with E-state index in [1.165, 1.54) is 12.1 Å². The van der Waals surface area contributed by atoms with Crippen LogP contribution < -0.4 is 10.1 Å². The van der Waals surface area contributed by atoms with Crippen molar-refractivity contribution in [2.24, 2.45) is 0 Å². The van der Waals surface area contributed by atoms with E-state index in [1.807, 2.05) is 6.92 Å². The lowest BCUT2D eigenvalue weighted by Gasteiger charge is -2.10. The number of benzene rings is 1. The van der Waals surface area contributed by atoms with E-state index in [9.17, 15) is 9.59 Å². The first kappa shape index (κ1) is 13.7. The molecule has 0 saturated carbocycles. The van der Waals surface area contributed by atoms with Gasteiger partial charge in [0.05, 0.1) is 12.3 Å². The Kier molecular flexibility index (Phi) is 4.05. The Hall–Kier alpha value is -2.76. The second-order valence-corrected chi connectivity index (χ2v) is 3.85. The summed E-state index contributed by atoms with van der Waals surface area (Å²) in [6, 6.07) is 9.49. The maximum absolute atomic E-state index is 12.0. The predicted molar refractivity (Wildman–Crippen MR) is 71.2 cm³/mol. The van der Waals surface area contributed by atoms with Crippen molar-refractivity contribution in [2.45, 2.75) is 6.92 Å². The predicted octanol–water partition coefficient (Wildman–Crippen LogP) is 2.63. The first-order valence-corrected chi connectivity index (χ1v) is 5.98. The van der Waals surface area contributed by atoms with E-state index in [4.69, 9.17) is 14.3 Å². The molecule has 1 heterocycles. The number of anilines is 1. The van der Waals surface area contributed by atoms with Gasteiger partial charge in [-0.15, -0.1) is 0 Å². The van der Waals surface area contributed by atoms with Gasteiger partial charge in [0.1, 0.15) is 5.75 Å². The Morgan fingerprint density at radius 1 is 1.20 bits per heavy atom. The molecule has 0 saturated heterocycles. The minimum atomic E-state index is -1.22. The molecule has 0 aliphatic heterocycles. The highest BCUT2D eigenvalue weighted by atomic mass is 16.5. The van der Waals surface area contributed by atoms with Gasteiger partial charge in [0.25, 0.3) is 5.91 Å². The van der Waals surface area contributed by atoms with E-state index in [2.05, 4.69) is 5.32 Å². The summed E-state index contributed by atoms with van der Waals surface area (Å²) in [5.41, 5.74) is 0.493. The maximum Gasteiger partial charge on any atom is 0.371 e. The lowest BCUT2D eigenvalue weighted by molar-refractivity contribution is 0.0660. The average Bonchev–Trinajstić information content (AvgIpc) is 2.91. The van der Waals surface area contributed by atoms with E-state index in [0.717, 1.165) is 0 Å². The van der Waals surface area contributed by atoms with Gasteiger partial charge < -0.3 is 19.6 Å². The molecule has 1 aromatic carbocycles. The van der Waals surface area contributed by atoms with E-state index in [1.54, 1.807) is 24.3 Å². The van der Waals surface area contributed by atoms with Crippen LogP contribution in [0.4, 0.5) is 5.69 Å². The number of aromatic carboxylic acids is 1. The number of amides is 1. The molecule has 2 N–H and O–H groups in total. The van der Waals surface area contributed by atoms with Crippen molar-refractivity contribution in [1.29, 1.82) is 0 Å². The molecule has 6 nitrogen and oxygen atoms in total. The van der Waals surface area contributed by atoms with Crippen LogP contribution in [-0.4, -0.2) is 23.6 Å². The molecule has 20 heavy (non-hydrogen) atoms. The van der Waals surface area contributed by atoms with E-state index >= 15 is 0 Å². The molecule has 0 unspecified atom stereocenters. The number of para-hydroxylation sites is 2. The van der Waals surface area contributed by atoms with Crippen molar-refractivity contribution >= 4 is 17.6 Å². The van der Waals surface area contributed by atoms with Crippen LogP contribution >= 0.6 is 0 Å². The number of nitrogens with one attached hydrogen (secondary N) is 1. The number of furan rings is 1. The number of ether oxygens (including phenoxy) is 1. The third-order valence-corrected chi connectivity index (χ3v) is 2.48. The van der Waals surface area contributed by atoms with Crippen LogP contribution in [0.2, 0.25) is 0 Å². The Balaban J connectivity index is 2.16. The molecule has 0 fully saturated rings. The summed E-state index contributed by atoms with van der Waals surface area (Å²) >= 11 is 0. The van der Waals surface area contributed by atoms with Gasteiger partial charge in [-0.3, -0.25) is 4.79 Å². The SMILES string of the molecule is CCOc1ccccc1NC(=O)c1ccc(C(=O)O)o1. The van der Waals surface area contributed by atoms with Gasteiger partial charge in [-0.2, -0.15) is 0 Å². The first-order valence-electron chi connectivity index (χ1n) is 5.98. The highest BCUT2D eigenvalue weighted by molar-refractivity contribution is 6.03. The second-order valence-electron chi connectivity index (χ2n) is 3.85. The average molecular weight is 275 g/mol. The van der Waals surface area contributed by atoms with Crippen LogP contribution in [0.5, 0.6) is 5.75 Å². The summed E-state index contributed by atoms with van der Waals surface area (Å²) in [5.74, 6) is -1.58. The maximum atomic E-state index is 12.0. The third kappa shape index (κ3) is 2.97. The quantitative estimate of drug-likeness (QED) is 0.875. The fourth-order valence-corrected chi connectivity index (χ4v) is 1.61. The van der Waals surface area contributed by atoms with Gasteiger partial charge >= 0.3 is 5.97 Å². The van der Waals surface area contributed by atoms with Crippen molar-refractivity contribution < 1.29 is 23.8 Å². The molecule has 6 heteroatoms. The normalized spacial score (nSPS) is 10.1. The monoisotopic (exact) mass is 275 g/mol. The van der Waals surface area contributed by atoms with Crippen LogP contribution in [0.3, 0.4) is 0 Å². The van der Waals surface area contributed by atoms with Crippen LogP contribution in [0.25, 0.3) is 0 Å². The molecule has 2 aromatic rings. The van der Waals surface area contributed by atoms with Gasteiger partial charge in [0.15, 0.2) is 5.76 Å². The number of carbonyl (C=O) groups is 2. The summed E-state index contributed by atoms with van der Waals surface area (Å²) in [5, 5.41) is 11.4. The Morgan fingerprint density at radius 2 is 1.90 bits per heavy atom. The van der Waals surface area contributed by atoms with Crippen LogP contribution in [0, 0.1) is 0 Å². The third-order valence-electron chi connectivity index (χ3n) is 2.48. The Bertz CT molecular complexity index is 632. The zero-order valence-corrected chi connectivity index (χ0v) is 10.8. The summed E-state index contributed by atoms with van der Waals surface area (Å²) < 4.78 is 10.3. The lowest BCUT2D eigenvalue weighted by Crippen LogP contribution is -2.12. The fraction of sp³-hybridized carbons (Fsp3) is 0.143. The molecule has 1 aromatic heterocycles. The number of carboxylic acid groups (broad SMARTS) is 1. The largest absolute Gasteiger partial charge is 0.492 e. The molecule has 2 rings (SSSR count). The number of hydrogen-bond acceptors (Lipinski definition) is 4. The van der Waals surface area contributed by atoms with E-state index < -0.39 is 11.9 Å². The number of carboxylic acids is 1. The van der Waals surface area contributed by atoms with Gasteiger partial charge in [-0.1, -0.05) is 12.1 Å². The number of carbonyl (C=O) groups excluding carboxylic acids is 1. The van der Waals surface area contributed by atoms with Crippen molar-refractivity contribution in [3.8, 4) is 5.75 Å². The summed E-state index contributed by atoms with van der Waals surface area (Å²) in [6.07, 6.45) is 0. The highest BCUT2D eigenvalue weighted by Gasteiger charge is 2.16. The van der Waals surface area contributed by atoms with Crippen molar-refractivity contribution in [1.82, 2.24) is 0 Å². The molecule has 1 amide bonds. The first-order chi connectivity index (χ1) is 9.61. The molecular weight excluding hydrogens is 262 g/mol. The molecule has 0 aliphatic carbocycles. The van der Waals surface area contributed by atoms with Crippen molar-refractivity contribution in [2.75, 3.05) is 11.9 Å². The zero-order valence-electron chi connectivity index (χ0n) is 10.8. The van der Waals surface area contributed by atoms with Gasteiger partial charge in [0.2, 0.25) is 5.76 Å². The van der Waals surface area contributed by atoms with E-state index in [0.29, 0.717) is 18.0 Å². The standard InChI is InChI=1S/C14H13NO5/c1-2-19-10-6-4-3-5-9(10)15-13(16)11-7-8-12(20-11)14(17)18/h3-8H,2H2,1H3,(H,15,16)(H,17,18). The minimum Gasteiger partial charge on any atom is -0.492 e. The lowest BCUT2D eigenvalue weighted by atomic mass is 10.3. The summed E-state index contributed by atoms with van der Waals surface area (Å²) in [4.78, 5) is 22.6. The van der Waals surface area contributed by atoms with Gasteiger partial charge in [0, 0.05) is 0 Å². The smallest absolute Gasteiger partial charge is 0.371 e. The molecule has 104 valence electrons. The minimum absolute atomic E-state index is 0.0753. The molecule has 0 radical (unpaired) electrons. The van der Waals surface area contributed by atoms with E-state index in [-0.39, 0.29) is 11.5 Å². The molecule has 0 bridgehead atoms. The molecule has 0 aliphatic rings. The Labute approximate surface area is 115 Å². The van der Waals surface area contributed by atoms with Gasteiger partial charge in [-0.05, 0) is 31.2 Å². The van der Waals surface area contributed by atoms with Crippen molar-refractivity contribution in [3.63, 3.8) is 0 Å². The molecule has 0 atom stereocenters. The van der Waals surface area contributed by atoms with Crippen LogP contribution in [0.15, 0.2) is 40.8 Å². The molecular formula is C14H13NO5. The topological polar surface area (TPSA) is 88.8 Å². The Morgan fingerprint density at radius 3 is 2.55 bits per heavy atom. The fourth-order valence-electron chi connectivity index (χ4n) is 1.61.